The van der Waals surface area contributed by atoms with Gasteiger partial charge < -0.3 is 15.6 Å². The van der Waals surface area contributed by atoms with Crippen LogP contribution in [0.5, 0.6) is 0 Å². The second-order valence-electron chi connectivity index (χ2n) is 7.69. The molecule has 0 bridgehead atoms. The molecule has 0 aromatic carbocycles. The molecule has 132 valence electrons. The largest absolute Gasteiger partial charge is 0.338 e. The first-order valence-electron chi connectivity index (χ1n) is 9.10. The molecule has 1 saturated carbocycles. The minimum Gasteiger partial charge on any atom is -0.338 e. The van der Waals surface area contributed by atoms with Crippen molar-refractivity contribution in [3.8, 4) is 0 Å². The maximum absolute atomic E-state index is 7.85. The quantitative estimate of drug-likeness (QED) is 0.719. The third-order valence-electron chi connectivity index (χ3n) is 6.05. The molecule has 3 N–H and O–H groups in total. The molecule has 1 aromatic rings. The van der Waals surface area contributed by atoms with Crippen LogP contribution in [0.1, 0.15) is 30.9 Å². The molecule has 3 aliphatic heterocycles. The van der Waals surface area contributed by atoms with Gasteiger partial charge in [-0.2, -0.15) is 5.10 Å². The summed E-state index contributed by atoms with van der Waals surface area (Å²) < 4.78 is 0. The van der Waals surface area contributed by atoms with Crippen LogP contribution >= 0.6 is 0 Å². The van der Waals surface area contributed by atoms with Gasteiger partial charge in [-0.05, 0) is 19.9 Å². The first kappa shape index (κ1) is 15.1. The monoisotopic (exact) mass is 340 g/mol. The van der Waals surface area contributed by atoms with Crippen LogP contribution in [-0.4, -0.2) is 76.8 Å². The Balaban J connectivity index is 1.30. The van der Waals surface area contributed by atoms with Crippen LogP contribution in [0.25, 0.3) is 0 Å². The summed E-state index contributed by atoms with van der Waals surface area (Å²) in [5, 5.41) is 18.7. The fraction of sp³-hybridized carbons (Fsp3) is 0.647. The number of likely N-dealkylation sites (tertiary alicyclic amines) is 2. The van der Waals surface area contributed by atoms with Gasteiger partial charge in [-0.25, -0.2) is 4.99 Å². The highest BCUT2D eigenvalue weighted by molar-refractivity contribution is 6.04. The van der Waals surface area contributed by atoms with Gasteiger partial charge >= 0.3 is 0 Å². The molecule has 5 rings (SSSR count). The van der Waals surface area contributed by atoms with E-state index in [9.17, 15) is 0 Å². The third kappa shape index (κ3) is 2.38. The van der Waals surface area contributed by atoms with Crippen molar-refractivity contribution in [3.63, 3.8) is 0 Å². The number of amidine groups is 1. The normalized spacial score (nSPS) is 31.9. The number of fused-ring (bicyclic) bond motifs is 1. The second-order valence-corrected chi connectivity index (χ2v) is 7.69. The Bertz CT molecular complexity index is 760. The Kier molecular flexibility index (Phi) is 3.25. The van der Waals surface area contributed by atoms with E-state index in [-0.39, 0.29) is 5.54 Å². The zero-order chi connectivity index (χ0) is 17.0. The molecule has 4 heterocycles. The fourth-order valence-corrected chi connectivity index (χ4v) is 4.27. The number of aromatic amines is 1. The summed E-state index contributed by atoms with van der Waals surface area (Å²) in [5.41, 5.74) is 1.10. The highest BCUT2D eigenvalue weighted by Crippen LogP contribution is 2.41. The molecule has 25 heavy (non-hydrogen) atoms. The Morgan fingerprint density at radius 2 is 2.28 bits per heavy atom. The van der Waals surface area contributed by atoms with Crippen molar-refractivity contribution in [3.05, 3.63) is 11.8 Å². The Labute approximate surface area is 146 Å². The Morgan fingerprint density at radius 1 is 1.40 bits per heavy atom. The van der Waals surface area contributed by atoms with Crippen LogP contribution in [0, 0.1) is 11.3 Å². The minimum absolute atomic E-state index is 0.121. The zero-order valence-electron chi connectivity index (χ0n) is 14.5. The van der Waals surface area contributed by atoms with Crippen molar-refractivity contribution < 1.29 is 0 Å². The molecule has 8 nitrogen and oxygen atoms in total. The van der Waals surface area contributed by atoms with Gasteiger partial charge in [0, 0.05) is 62.4 Å². The van der Waals surface area contributed by atoms with E-state index in [4.69, 9.17) is 10.4 Å². The molecule has 2 atom stereocenters. The second kappa shape index (κ2) is 5.39. The molecule has 1 aliphatic carbocycles. The topological polar surface area (TPSA) is 95.8 Å². The molecule has 3 fully saturated rings. The van der Waals surface area contributed by atoms with E-state index in [0.29, 0.717) is 11.8 Å². The van der Waals surface area contributed by atoms with Crippen LogP contribution < -0.4 is 5.32 Å². The van der Waals surface area contributed by atoms with Gasteiger partial charge in [-0.15, -0.1) is 0 Å². The van der Waals surface area contributed by atoms with Crippen LogP contribution in [0.2, 0.25) is 0 Å². The molecule has 0 amide bonds. The predicted molar refractivity (Wildman–Crippen MR) is 97.7 cm³/mol. The SMILES string of the molecule is CN1C[C@H]2CN(C3=NCCC(Nc4cc(C5CC5)[nH]n4)=N3)CC21C=N. The number of guanidine groups is 1. The molecule has 0 radical (unpaired) electrons. The lowest BCUT2D eigenvalue weighted by Crippen LogP contribution is -2.66. The summed E-state index contributed by atoms with van der Waals surface area (Å²) in [6, 6.07) is 2.10. The first-order chi connectivity index (χ1) is 12.2. The molecule has 1 unspecified atom stereocenters. The number of nitrogens with zero attached hydrogens (tertiary/aromatic N) is 5. The number of aliphatic imine (C=N–C) groups is 2. The minimum atomic E-state index is -0.121. The number of likely N-dealkylation sites (N-methyl/N-ethyl adjacent to an activating group) is 1. The average molecular weight is 340 g/mol. The zero-order valence-corrected chi connectivity index (χ0v) is 14.5. The third-order valence-corrected chi connectivity index (χ3v) is 6.05. The average Bonchev–Trinajstić information content (AvgIpc) is 3.29. The maximum Gasteiger partial charge on any atom is 0.222 e. The number of hydrogen-bond acceptors (Lipinski definition) is 7. The number of rotatable bonds is 3. The fourth-order valence-electron chi connectivity index (χ4n) is 4.27. The highest BCUT2D eigenvalue weighted by Gasteiger charge is 2.56. The van der Waals surface area contributed by atoms with E-state index in [0.717, 1.165) is 50.2 Å². The van der Waals surface area contributed by atoms with Crippen LogP contribution in [0.3, 0.4) is 0 Å². The summed E-state index contributed by atoms with van der Waals surface area (Å²) in [6.07, 6.45) is 4.94. The molecule has 4 aliphatic rings. The molecular formula is C17H24N8. The van der Waals surface area contributed by atoms with Gasteiger partial charge in [-0.3, -0.25) is 15.0 Å². The van der Waals surface area contributed by atoms with Gasteiger partial charge in [0.25, 0.3) is 0 Å². The highest BCUT2D eigenvalue weighted by atomic mass is 15.4. The molecular weight excluding hydrogens is 316 g/mol. The van der Waals surface area contributed by atoms with Gasteiger partial charge in [0.1, 0.15) is 5.84 Å². The predicted octanol–water partition coefficient (Wildman–Crippen LogP) is 1.12. The Hall–Kier alpha value is -2.22. The van der Waals surface area contributed by atoms with E-state index >= 15 is 0 Å². The Morgan fingerprint density at radius 3 is 3.00 bits per heavy atom. The van der Waals surface area contributed by atoms with Gasteiger partial charge in [-0.1, -0.05) is 0 Å². The van der Waals surface area contributed by atoms with E-state index in [1.54, 1.807) is 6.21 Å². The van der Waals surface area contributed by atoms with E-state index < -0.39 is 0 Å². The van der Waals surface area contributed by atoms with Crippen molar-refractivity contribution in [2.45, 2.75) is 30.7 Å². The standard InChI is InChI=1S/C17H24N8/c1-24-7-12-8-25(10-17(12,24)9-18)16-19-5-4-14(21-16)20-15-6-13(22-23-15)11-2-3-11/h6,9,11-12,18H,2-5,7-8,10H2,1H3,(H2,19,20,21,22,23)/t12-,17?/m0/s1. The van der Waals surface area contributed by atoms with Gasteiger partial charge in [0.2, 0.25) is 5.96 Å². The summed E-state index contributed by atoms with van der Waals surface area (Å²) in [5.74, 6) is 3.76. The van der Waals surface area contributed by atoms with Crippen molar-refractivity contribution in [2.24, 2.45) is 15.9 Å². The van der Waals surface area contributed by atoms with Crippen LogP contribution in [-0.2, 0) is 0 Å². The number of anilines is 1. The number of aromatic nitrogens is 2. The number of hydrogen-bond donors (Lipinski definition) is 3. The first-order valence-corrected chi connectivity index (χ1v) is 9.10. The van der Waals surface area contributed by atoms with E-state index in [1.807, 2.05) is 0 Å². The summed E-state index contributed by atoms with van der Waals surface area (Å²) >= 11 is 0. The lowest BCUT2D eigenvalue weighted by Gasteiger charge is -2.50. The lowest BCUT2D eigenvalue weighted by molar-refractivity contribution is 0.0360. The van der Waals surface area contributed by atoms with Crippen LogP contribution in [0.15, 0.2) is 16.1 Å². The van der Waals surface area contributed by atoms with Crippen LogP contribution in [0.4, 0.5) is 5.82 Å². The van der Waals surface area contributed by atoms with Crippen molar-refractivity contribution in [2.75, 3.05) is 38.5 Å². The lowest BCUT2D eigenvalue weighted by atomic mass is 9.78. The molecule has 2 saturated heterocycles. The maximum atomic E-state index is 7.85. The molecule has 1 aromatic heterocycles. The molecule has 0 spiro atoms. The van der Waals surface area contributed by atoms with E-state index in [2.05, 4.69) is 43.4 Å². The summed E-state index contributed by atoms with van der Waals surface area (Å²) in [7, 11) is 2.10. The molecule has 8 heteroatoms. The van der Waals surface area contributed by atoms with Crippen molar-refractivity contribution in [1.82, 2.24) is 20.0 Å². The smallest absolute Gasteiger partial charge is 0.222 e. The number of H-pyrrole nitrogens is 1. The summed E-state index contributed by atoms with van der Waals surface area (Å²) in [6.45, 7) is 3.53. The van der Waals surface area contributed by atoms with Gasteiger partial charge in [0.05, 0.1) is 5.54 Å². The number of nitrogens with one attached hydrogen (secondary N) is 3. The van der Waals surface area contributed by atoms with Crippen molar-refractivity contribution >= 4 is 23.8 Å². The van der Waals surface area contributed by atoms with Gasteiger partial charge in [0.15, 0.2) is 5.82 Å². The summed E-state index contributed by atoms with van der Waals surface area (Å²) in [4.78, 5) is 13.9. The van der Waals surface area contributed by atoms with E-state index in [1.165, 1.54) is 18.5 Å². The van der Waals surface area contributed by atoms with Crippen molar-refractivity contribution in [1.29, 1.82) is 5.41 Å².